The monoisotopic (exact) mass is 419 g/mol. The van der Waals surface area contributed by atoms with Gasteiger partial charge < -0.3 is 14.8 Å². The van der Waals surface area contributed by atoms with Crippen LogP contribution in [0.15, 0.2) is 59.5 Å². The first-order valence-corrected chi connectivity index (χ1v) is 10.6. The standard InChI is InChI=1S/C21H22FNO5S/c1-20(2,3)28-19(25)23-21(13-24)17(14-8-7-9-15(22)12-14)18(21)29(26,27)16-10-5-4-6-11-16/h4-13,17-18H,1-3H3,(H,23,25)/t17-,18+,21+/m0/s1. The van der Waals surface area contributed by atoms with Crippen molar-refractivity contribution in [2.45, 2.75) is 48.0 Å². The number of hydrogen-bond donors (Lipinski definition) is 1. The summed E-state index contributed by atoms with van der Waals surface area (Å²) in [5.74, 6) is -1.52. The molecule has 3 atom stereocenters. The first-order valence-electron chi connectivity index (χ1n) is 9.03. The van der Waals surface area contributed by atoms with E-state index < -0.39 is 44.1 Å². The molecule has 1 aliphatic carbocycles. The molecule has 8 heteroatoms. The Balaban J connectivity index is 2.05. The van der Waals surface area contributed by atoms with E-state index in [1.54, 1.807) is 39.0 Å². The number of nitrogens with one attached hydrogen (secondary N) is 1. The van der Waals surface area contributed by atoms with Crippen molar-refractivity contribution >= 4 is 22.2 Å². The van der Waals surface area contributed by atoms with Crippen LogP contribution >= 0.6 is 0 Å². The maximum atomic E-state index is 13.8. The zero-order valence-electron chi connectivity index (χ0n) is 16.3. The fraction of sp³-hybridized carbons (Fsp3) is 0.333. The van der Waals surface area contributed by atoms with Crippen LogP contribution < -0.4 is 5.32 Å². The summed E-state index contributed by atoms with van der Waals surface area (Å²) < 4.78 is 45.5. The van der Waals surface area contributed by atoms with Crippen molar-refractivity contribution in [3.63, 3.8) is 0 Å². The molecule has 0 spiro atoms. The number of hydrogen-bond acceptors (Lipinski definition) is 5. The van der Waals surface area contributed by atoms with Crippen LogP contribution in [0.1, 0.15) is 32.3 Å². The molecule has 1 fully saturated rings. The number of aldehydes is 1. The molecule has 154 valence electrons. The van der Waals surface area contributed by atoms with Crippen LogP contribution in [0, 0.1) is 5.82 Å². The molecule has 3 rings (SSSR count). The van der Waals surface area contributed by atoms with E-state index in [1.807, 2.05) is 0 Å². The molecule has 0 saturated heterocycles. The minimum absolute atomic E-state index is 0.0149. The number of carbonyl (C=O) groups is 2. The third-order valence-corrected chi connectivity index (χ3v) is 6.97. The lowest BCUT2D eigenvalue weighted by atomic mass is 10.1. The first kappa shape index (κ1) is 21.0. The molecule has 2 aromatic rings. The number of benzene rings is 2. The van der Waals surface area contributed by atoms with E-state index in [9.17, 15) is 22.4 Å². The van der Waals surface area contributed by atoms with E-state index in [0.717, 1.165) is 0 Å². The van der Waals surface area contributed by atoms with Crippen LogP contribution in [0.25, 0.3) is 0 Å². The van der Waals surface area contributed by atoms with Crippen molar-refractivity contribution in [3.05, 3.63) is 66.0 Å². The lowest BCUT2D eigenvalue weighted by Crippen LogP contribution is -2.45. The summed E-state index contributed by atoms with van der Waals surface area (Å²) in [4.78, 5) is 24.5. The van der Waals surface area contributed by atoms with Crippen LogP contribution in [0.2, 0.25) is 0 Å². The van der Waals surface area contributed by atoms with Crippen molar-refractivity contribution in [2.24, 2.45) is 0 Å². The molecule has 1 aliphatic rings. The summed E-state index contributed by atoms with van der Waals surface area (Å²) in [6, 6.07) is 13.0. The van der Waals surface area contributed by atoms with E-state index in [1.165, 1.54) is 36.4 Å². The molecule has 29 heavy (non-hydrogen) atoms. The zero-order valence-corrected chi connectivity index (χ0v) is 17.1. The highest BCUT2D eigenvalue weighted by Crippen LogP contribution is 2.56. The van der Waals surface area contributed by atoms with Gasteiger partial charge in [0.15, 0.2) is 9.84 Å². The van der Waals surface area contributed by atoms with E-state index in [0.29, 0.717) is 11.8 Å². The predicted octanol–water partition coefficient (Wildman–Crippen LogP) is 3.23. The van der Waals surface area contributed by atoms with Gasteiger partial charge in [0, 0.05) is 5.92 Å². The topological polar surface area (TPSA) is 89.5 Å². The highest BCUT2D eigenvalue weighted by molar-refractivity contribution is 7.92. The molecule has 0 bridgehead atoms. The second kappa shape index (κ2) is 7.26. The molecule has 2 aromatic carbocycles. The average molecular weight is 419 g/mol. The predicted molar refractivity (Wildman–Crippen MR) is 105 cm³/mol. The minimum Gasteiger partial charge on any atom is -0.444 e. The second-order valence-corrected chi connectivity index (χ2v) is 10.1. The number of halogens is 1. The normalized spacial score (nSPS) is 23.9. The maximum absolute atomic E-state index is 13.8. The van der Waals surface area contributed by atoms with Gasteiger partial charge in [-0.25, -0.2) is 17.6 Å². The quantitative estimate of drug-likeness (QED) is 0.752. The van der Waals surface area contributed by atoms with Crippen molar-refractivity contribution in [1.82, 2.24) is 5.32 Å². The van der Waals surface area contributed by atoms with Gasteiger partial charge >= 0.3 is 6.09 Å². The molecular formula is C21H22FNO5S. The van der Waals surface area contributed by atoms with E-state index in [4.69, 9.17) is 4.74 Å². The van der Waals surface area contributed by atoms with Gasteiger partial charge in [-0.1, -0.05) is 30.3 Å². The summed E-state index contributed by atoms with van der Waals surface area (Å²) in [5, 5.41) is 1.15. The van der Waals surface area contributed by atoms with Crippen LogP contribution in [0.3, 0.4) is 0 Å². The Morgan fingerprint density at radius 2 is 1.79 bits per heavy atom. The number of alkyl carbamates (subject to hydrolysis) is 1. The number of rotatable bonds is 5. The highest BCUT2D eigenvalue weighted by atomic mass is 32.2. The largest absolute Gasteiger partial charge is 0.444 e. The molecule has 6 nitrogen and oxygen atoms in total. The maximum Gasteiger partial charge on any atom is 0.408 e. The smallest absolute Gasteiger partial charge is 0.408 e. The molecule has 0 heterocycles. The number of amides is 1. The number of carbonyl (C=O) groups excluding carboxylic acids is 2. The summed E-state index contributed by atoms with van der Waals surface area (Å²) in [6.45, 7) is 4.94. The molecule has 0 aliphatic heterocycles. The van der Waals surface area contributed by atoms with Gasteiger partial charge in [-0.15, -0.1) is 0 Å². The molecule has 0 aromatic heterocycles. The summed E-state index contributed by atoms with van der Waals surface area (Å²) >= 11 is 0. The van der Waals surface area contributed by atoms with E-state index in [-0.39, 0.29) is 4.90 Å². The van der Waals surface area contributed by atoms with E-state index in [2.05, 4.69) is 5.32 Å². The van der Waals surface area contributed by atoms with Crippen LogP contribution in [-0.4, -0.2) is 37.2 Å². The fourth-order valence-corrected chi connectivity index (χ4v) is 5.78. The third-order valence-electron chi connectivity index (χ3n) is 4.71. The van der Waals surface area contributed by atoms with Gasteiger partial charge in [0.2, 0.25) is 0 Å². The molecule has 0 unspecified atom stereocenters. The summed E-state index contributed by atoms with van der Waals surface area (Å²) in [6.07, 6.45) is -0.519. The summed E-state index contributed by atoms with van der Waals surface area (Å²) in [5.41, 5.74) is -2.30. The van der Waals surface area contributed by atoms with Gasteiger partial charge in [-0.05, 0) is 50.6 Å². The molecule has 0 radical (unpaired) electrons. The van der Waals surface area contributed by atoms with Crippen LogP contribution in [0.5, 0.6) is 0 Å². The Morgan fingerprint density at radius 3 is 2.34 bits per heavy atom. The number of ether oxygens (including phenoxy) is 1. The molecular weight excluding hydrogens is 397 g/mol. The second-order valence-electron chi connectivity index (χ2n) is 7.99. The van der Waals surface area contributed by atoms with Gasteiger partial charge in [0.25, 0.3) is 0 Å². The lowest BCUT2D eigenvalue weighted by molar-refractivity contribution is -0.110. The summed E-state index contributed by atoms with van der Waals surface area (Å²) in [7, 11) is -4.01. The fourth-order valence-electron chi connectivity index (χ4n) is 3.52. The number of sulfone groups is 1. The Kier molecular flexibility index (Phi) is 5.25. The zero-order chi connectivity index (χ0) is 21.4. The Bertz CT molecular complexity index is 1030. The van der Waals surface area contributed by atoms with Gasteiger partial charge in [-0.2, -0.15) is 0 Å². The van der Waals surface area contributed by atoms with Crippen molar-refractivity contribution in [1.29, 1.82) is 0 Å². The van der Waals surface area contributed by atoms with Crippen LogP contribution in [0.4, 0.5) is 9.18 Å². The van der Waals surface area contributed by atoms with Crippen LogP contribution in [-0.2, 0) is 19.4 Å². The van der Waals surface area contributed by atoms with Gasteiger partial charge in [-0.3, -0.25) is 0 Å². The Labute approximate surface area is 169 Å². The molecule has 1 saturated carbocycles. The Morgan fingerprint density at radius 1 is 1.14 bits per heavy atom. The molecule has 1 N–H and O–H groups in total. The highest BCUT2D eigenvalue weighted by Gasteiger charge is 2.73. The Hall–Kier alpha value is -2.74. The first-order chi connectivity index (χ1) is 13.5. The van der Waals surface area contributed by atoms with Crippen molar-refractivity contribution in [3.8, 4) is 0 Å². The van der Waals surface area contributed by atoms with Crippen molar-refractivity contribution < 1.29 is 27.1 Å². The molecule has 1 amide bonds. The van der Waals surface area contributed by atoms with Gasteiger partial charge in [0.1, 0.15) is 28.5 Å². The van der Waals surface area contributed by atoms with Crippen molar-refractivity contribution in [2.75, 3.05) is 0 Å². The minimum atomic E-state index is -4.01. The van der Waals surface area contributed by atoms with E-state index >= 15 is 0 Å². The SMILES string of the molecule is CC(C)(C)OC(=O)N[C@@]1(C=O)[C@H](S(=O)(=O)c2ccccc2)[C@@H]1c1cccc(F)c1. The van der Waals surface area contributed by atoms with Gasteiger partial charge in [0.05, 0.1) is 4.90 Å². The average Bonchev–Trinajstić information content (AvgIpc) is 3.30. The third kappa shape index (κ3) is 4.03. The lowest BCUT2D eigenvalue weighted by Gasteiger charge is -2.22.